The minimum atomic E-state index is -0.406. The average molecular weight is 194 g/mol. The van der Waals surface area contributed by atoms with E-state index in [4.69, 9.17) is 9.62 Å². The van der Waals surface area contributed by atoms with Crippen LogP contribution in [0.1, 0.15) is 15.9 Å². The van der Waals surface area contributed by atoms with Crippen LogP contribution in [0.25, 0.3) is 0 Å². The first-order valence-electron chi connectivity index (χ1n) is 4.33. The molecule has 1 aromatic carbocycles. The fourth-order valence-corrected chi connectivity index (χ4v) is 1.34. The summed E-state index contributed by atoms with van der Waals surface area (Å²) in [5, 5.41) is 0. The van der Waals surface area contributed by atoms with Crippen molar-refractivity contribution in [3.8, 4) is 0 Å². The van der Waals surface area contributed by atoms with Crippen LogP contribution in [0.5, 0.6) is 0 Å². The molecule has 1 aromatic rings. The molecule has 1 aliphatic heterocycles. The van der Waals surface area contributed by atoms with E-state index >= 15 is 0 Å². The summed E-state index contributed by atoms with van der Waals surface area (Å²) in [5.74, 6) is 0. The summed E-state index contributed by atoms with van der Waals surface area (Å²) in [5.41, 5.74) is 1.56. The van der Waals surface area contributed by atoms with Crippen molar-refractivity contribution in [2.45, 2.75) is 12.7 Å². The van der Waals surface area contributed by atoms with Crippen LogP contribution in [-0.2, 0) is 20.9 Å². The van der Waals surface area contributed by atoms with Crippen molar-refractivity contribution in [2.75, 3.05) is 6.79 Å². The van der Waals surface area contributed by atoms with Gasteiger partial charge in [-0.25, -0.2) is 9.78 Å². The van der Waals surface area contributed by atoms with Gasteiger partial charge < -0.3 is 4.74 Å². The zero-order valence-electron chi connectivity index (χ0n) is 7.51. The van der Waals surface area contributed by atoms with E-state index < -0.39 is 6.29 Å². The van der Waals surface area contributed by atoms with Gasteiger partial charge in [-0.05, 0) is 5.56 Å². The van der Waals surface area contributed by atoms with Crippen molar-refractivity contribution >= 4 is 6.29 Å². The zero-order chi connectivity index (χ0) is 9.80. The Bertz CT molecular complexity index is 318. The molecular formula is C10H10O4. The Labute approximate surface area is 81.3 Å². The van der Waals surface area contributed by atoms with Crippen LogP contribution in [0, 0.1) is 0 Å². The number of benzene rings is 1. The summed E-state index contributed by atoms with van der Waals surface area (Å²) in [6.45, 7) is 0.147. The first kappa shape index (κ1) is 9.33. The number of hydrogen-bond donors (Lipinski definition) is 0. The van der Waals surface area contributed by atoms with Gasteiger partial charge in [-0.15, -0.1) is 0 Å². The van der Waals surface area contributed by atoms with E-state index in [-0.39, 0.29) is 6.79 Å². The normalized spacial score (nSPS) is 21.0. The quantitative estimate of drug-likeness (QED) is 0.537. The van der Waals surface area contributed by atoms with Gasteiger partial charge in [0.25, 0.3) is 0 Å². The van der Waals surface area contributed by atoms with Gasteiger partial charge in [0.2, 0.25) is 0 Å². The first-order valence-corrected chi connectivity index (χ1v) is 4.33. The Morgan fingerprint density at radius 2 is 2.29 bits per heavy atom. The van der Waals surface area contributed by atoms with Gasteiger partial charge in [0.05, 0.1) is 0 Å². The molecule has 0 N–H and O–H groups in total. The lowest BCUT2D eigenvalue weighted by molar-refractivity contribution is -0.276. The van der Waals surface area contributed by atoms with E-state index in [1.54, 1.807) is 6.07 Å². The monoisotopic (exact) mass is 194 g/mol. The highest BCUT2D eigenvalue weighted by atomic mass is 17.3. The molecule has 74 valence electrons. The third-order valence-electron chi connectivity index (χ3n) is 2.05. The molecule has 1 fully saturated rings. The zero-order valence-corrected chi connectivity index (χ0v) is 7.51. The summed E-state index contributed by atoms with van der Waals surface area (Å²) in [4.78, 5) is 20.1. The van der Waals surface area contributed by atoms with Crippen LogP contribution >= 0.6 is 0 Å². The highest BCUT2D eigenvalue weighted by molar-refractivity contribution is 5.77. The maximum absolute atomic E-state index is 10.7. The van der Waals surface area contributed by atoms with Crippen molar-refractivity contribution < 1.29 is 19.3 Å². The van der Waals surface area contributed by atoms with Crippen LogP contribution in [0.15, 0.2) is 24.3 Å². The maximum Gasteiger partial charge on any atom is 0.198 e. The van der Waals surface area contributed by atoms with E-state index in [0.717, 1.165) is 11.8 Å². The highest BCUT2D eigenvalue weighted by Crippen LogP contribution is 2.14. The summed E-state index contributed by atoms with van der Waals surface area (Å²) in [7, 11) is 0. The fraction of sp³-hybridized carbons (Fsp3) is 0.300. The number of aldehydes is 1. The third kappa shape index (κ3) is 1.98. The van der Waals surface area contributed by atoms with Crippen LogP contribution < -0.4 is 0 Å². The molecule has 0 aliphatic carbocycles. The standard InChI is InChI=1S/C10H10O4/c11-6-9-4-2-1-3-8(9)5-10-12-7-13-14-10/h1-4,6,10H,5,7H2. The molecular weight excluding hydrogens is 184 g/mol. The molecule has 2 rings (SSSR count). The van der Waals surface area contributed by atoms with Gasteiger partial charge in [-0.3, -0.25) is 4.79 Å². The van der Waals surface area contributed by atoms with E-state index in [1.165, 1.54) is 0 Å². The maximum atomic E-state index is 10.7. The second kappa shape index (κ2) is 4.32. The number of carbonyl (C=O) groups excluding carboxylic acids is 1. The van der Waals surface area contributed by atoms with E-state index in [1.807, 2.05) is 18.2 Å². The predicted octanol–water partition coefficient (Wildman–Crippen LogP) is 1.30. The van der Waals surface area contributed by atoms with Crippen molar-refractivity contribution in [1.82, 2.24) is 0 Å². The van der Waals surface area contributed by atoms with E-state index in [0.29, 0.717) is 12.0 Å². The van der Waals surface area contributed by atoms with Crippen molar-refractivity contribution in [1.29, 1.82) is 0 Å². The van der Waals surface area contributed by atoms with E-state index in [2.05, 4.69) is 4.89 Å². The molecule has 1 aliphatic rings. The minimum Gasteiger partial charge on any atom is -0.320 e. The fourth-order valence-electron chi connectivity index (χ4n) is 1.34. The highest BCUT2D eigenvalue weighted by Gasteiger charge is 2.19. The van der Waals surface area contributed by atoms with Gasteiger partial charge >= 0.3 is 0 Å². The van der Waals surface area contributed by atoms with Gasteiger partial charge in [0.15, 0.2) is 13.1 Å². The molecule has 1 atom stereocenters. The second-order valence-corrected chi connectivity index (χ2v) is 2.95. The molecule has 1 unspecified atom stereocenters. The minimum absolute atomic E-state index is 0.147. The lowest BCUT2D eigenvalue weighted by Crippen LogP contribution is -2.12. The van der Waals surface area contributed by atoms with Crippen LogP contribution in [0.2, 0.25) is 0 Å². The summed E-state index contributed by atoms with van der Waals surface area (Å²) < 4.78 is 5.10. The number of hydrogen-bond acceptors (Lipinski definition) is 4. The molecule has 0 radical (unpaired) electrons. The van der Waals surface area contributed by atoms with Gasteiger partial charge in [-0.1, -0.05) is 24.3 Å². The van der Waals surface area contributed by atoms with E-state index in [9.17, 15) is 4.79 Å². The number of rotatable bonds is 3. The number of carbonyl (C=O) groups is 1. The van der Waals surface area contributed by atoms with Crippen molar-refractivity contribution in [2.24, 2.45) is 0 Å². The lowest BCUT2D eigenvalue weighted by Gasteiger charge is -2.07. The molecule has 0 saturated carbocycles. The van der Waals surface area contributed by atoms with Crippen LogP contribution in [0.4, 0.5) is 0 Å². The van der Waals surface area contributed by atoms with Crippen LogP contribution in [-0.4, -0.2) is 19.4 Å². The largest absolute Gasteiger partial charge is 0.320 e. The number of ether oxygens (including phenoxy) is 1. The summed E-state index contributed by atoms with van der Waals surface area (Å²) in [6, 6.07) is 7.32. The lowest BCUT2D eigenvalue weighted by atomic mass is 10.1. The molecule has 0 aromatic heterocycles. The Balaban J connectivity index is 2.10. The third-order valence-corrected chi connectivity index (χ3v) is 2.05. The predicted molar refractivity (Wildman–Crippen MR) is 47.4 cm³/mol. The summed E-state index contributed by atoms with van der Waals surface area (Å²) >= 11 is 0. The SMILES string of the molecule is O=Cc1ccccc1CC1OCOO1. The van der Waals surface area contributed by atoms with Gasteiger partial charge in [0.1, 0.15) is 6.29 Å². The topological polar surface area (TPSA) is 44.8 Å². The Kier molecular flexibility index (Phi) is 2.88. The molecule has 0 amide bonds. The Morgan fingerprint density at radius 1 is 1.43 bits per heavy atom. The molecule has 4 heteroatoms. The van der Waals surface area contributed by atoms with Crippen molar-refractivity contribution in [3.05, 3.63) is 35.4 Å². The molecule has 14 heavy (non-hydrogen) atoms. The molecule has 1 saturated heterocycles. The van der Waals surface area contributed by atoms with Crippen molar-refractivity contribution in [3.63, 3.8) is 0 Å². The smallest absolute Gasteiger partial charge is 0.198 e. The Hall–Kier alpha value is -1.23. The van der Waals surface area contributed by atoms with Crippen LogP contribution in [0.3, 0.4) is 0 Å². The summed E-state index contributed by atoms with van der Waals surface area (Å²) in [6.07, 6.45) is 0.941. The van der Waals surface area contributed by atoms with Gasteiger partial charge in [0, 0.05) is 12.0 Å². The first-order chi connectivity index (χ1) is 6.90. The Morgan fingerprint density at radius 3 is 3.00 bits per heavy atom. The molecule has 4 nitrogen and oxygen atoms in total. The second-order valence-electron chi connectivity index (χ2n) is 2.95. The molecule has 0 spiro atoms. The average Bonchev–Trinajstić information content (AvgIpc) is 2.71. The molecule has 1 heterocycles. The van der Waals surface area contributed by atoms with Gasteiger partial charge in [-0.2, -0.15) is 0 Å². The molecule has 0 bridgehead atoms.